The second-order valence-corrected chi connectivity index (χ2v) is 9.52. The monoisotopic (exact) mass is 466 g/mol. The number of hydrogen-bond donors (Lipinski definition) is 0. The van der Waals surface area contributed by atoms with Crippen LogP contribution in [0.15, 0.2) is 18.0 Å². The van der Waals surface area contributed by atoms with Gasteiger partial charge >= 0.3 is 0 Å². The van der Waals surface area contributed by atoms with Gasteiger partial charge in [0.25, 0.3) is 0 Å². The zero-order valence-electron chi connectivity index (χ0n) is 19.1. The summed E-state index contributed by atoms with van der Waals surface area (Å²) in [6.45, 7) is 5.77. The summed E-state index contributed by atoms with van der Waals surface area (Å²) in [5, 5.41) is 0. The molecule has 2 aliphatic rings. The highest BCUT2D eigenvalue weighted by molar-refractivity contribution is 5.81. The number of rotatable bonds is 5. The molecule has 178 valence electrons. The van der Waals surface area contributed by atoms with Crippen molar-refractivity contribution < 1.29 is 26.3 Å². The molecule has 0 spiro atoms. The third-order valence-corrected chi connectivity index (χ3v) is 7.48. The zero-order chi connectivity index (χ0) is 24.0. The van der Waals surface area contributed by atoms with Gasteiger partial charge in [-0.1, -0.05) is 39.7 Å². The molecule has 0 amide bonds. The molecule has 4 rings (SSSR count). The average Bonchev–Trinajstić information content (AvgIpc) is 3.18. The molecule has 6 heteroatoms. The normalized spacial score (nSPS) is 20.7. The standard InChI is InChI=1S/C27H28F6/c1-4-14(5-2)18-11-16-10-17-12-19(24(30)22(28)15-8-6-13(3)7-9-15)25(31)27(33)21(17)20(16)26(32)23(18)29/h11-15H,4-10H2,1-3H3/b24-22+. The molecule has 0 N–H and O–H groups in total. The summed E-state index contributed by atoms with van der Waals surface area (Å²) in [6, 6.07) is 2.54. The molecule has 0 nitrogen and oxygen atoms in total. The predicted octanol–water partition coefficient (Wildman–Crippen LogP) is 9.15. The lowest BCUT2D eigenvalue weighted by atomic mass is 9.82. The second-order valence-electron chi connectivity index (χ2n) is 9.52. The lowest BCUT2D eigenvalue weighted by Gasteiger charge is -2.25. The van der Waals surface area contributed by atoms with Crippen molar-refractivity contribution in [1.29, 1.82) is 0 Å². The summed E-state index contributed by atoms with van der Waals surface area (Å²) < 4.78 is 89.8. The Morgan fingerprint density at radius 3 is 1.94 bits per heavy atom. The molecule has 0 heterocycles. The van der Waals surface area contributed by atoms with Crippen molar-refractivity contribution in [2.24, 2.45) is 11.8 Å². The fourth-order valence-corrected chi connectivity index (χ4v) is 5.41. The number of benzene rings is 2. The van der Waals surface area contributed by atoms with Gasteiger partial charge in [0.1, 0.15) is 5.83 Å². The van der Waals surface area contributed by atoms with Crippen LogP contribution in [0.5, 0.6) is 0 Å². The van der Waals surface area contributed by atoms with Crippen LogP contribution in [0, 0.1) is 35.1 Å². The fourth-order valence-electron chi connectivity index (χ4n) is 5.41. The van der Waals surface area contributed by atoms with Gasteiger partial charge < -0.3 is 0 Å². The Balaban J connectivity index is 1.79. The second kappa shape index (κ2) is 9.19. The number of halogens is 6. The maximum absolute atomic E-state index is 15.1. The van der Waals surface area contributed by atoms with E-state index in [4.69, 9.17) is 0 Å². The van der Waals surface area contributed by atoms with E-state index in [1.54, 1.807) is 0 Å². The molecule has 2 aliphatic carbocycles. The van der Waals surface area contributed by atoms with Crippen molar-refractivity contribution in [3.05, 3.63) is 63.5 Å². The summed E-state index contributed by atoms with van der Waals surface area (Å²) in [4.78, 5) is 0. The van der Waals surface area contributed by atoms with Crippen LogP contribution < -0.4 is 0 Å². The number of hydrogen-bond acceptors (Lipinski definition) is 0. The van der Waals surface area contributed by atoms with E-state index in [9.17, 15) is 13.2 Å². The molecular formula is C27H28F6. The van der Waals surface area contributed by atoms with Crippen molar-refractivity contribution in [2.45, 2.75) is 71.6 Å². The smallest absolute Gasteiger partial charge is 0.169 e. The van der Waals surface area contributed by atoms with Gasteiger partial charge in [0.05, 0.1) is 5.56 Å². The molecule has 2 aromatic rings. The highest BCUT2D eigenvalue weighted by Gasteiger charge is 2.34. The van der Waals surface area contributed by atoms with Gasteiger partial charge in [-0.05, 0) is 66.7 Å². The largest absolute Gasteiger partial charge is 0.208 e. The third kappa shape index (κ3) is 4.00. The van der Waals surface area contributed by atoms with Crippen LogP contribution in [-0.2, 0) is 6.42 Å². The molecule has 2 aromatic carbocycles. The van der Waals surface area contributed by atoms with E-state index in [1.807, 2.05) is 20.8 Å². The Hall–Kier alpha value is -2.24. The zero-order valence-corrected chi connectivity index (χ0v) is 19.1. The maximum Gasteiger partial charge on any atom is 0.169 e. The minimum Gasteiger partial charge on any atom is -0.208 e. The summed E-state index contributed by atoms with van der Waals surface area (Å²) >= 11 is 0. The Morgan fingerprint density at radius 2 is 1.36 bits per heavy atom. The molecule has 1 saturated carbocycles. The Bertz CT molecular complexity index is 1100. The lowest BCUT2D eigenvalue weighted by molar-refractivity contribution is 0.286. The van der Waals surface area contributed by atoms with Crippen LogP contribution in [0.4, 0.5) is 26.3 Å². The van der Waals surface area contributed by atoms with Gasteiger partial charge in [-0.15, -0.1) is 0 Å². The van der Waals surface area contributed by atoms with Crippen molar-refractivity contribution >= 4 is 5.83 Å². The van der Waals surface area contributed by atoms with E-state index in [-0.39, 0.29) is 29.0 Å². The third-order valence-electron chi connectivity index (χ3n) is 7.48. The summed E-state index contributed by atoms with van der Waals surface area (Å²) in [5.74, 6) is -8.28. The van der Waals surface area contributed by atoms with E-state index in [0.29, 0.717) is 37.2 Å². The minimum absolute atomic E-state index is 0.00490. The van der Waals surface area contributed by atoms with E-state index in [2.05, 4.69) is 0 Å². The lowest BCUT2D eigenvalue weighted by Crippen LogP contribution is -2.13. The summed E-state index contributed by atoms with van der Waals surface area (Å²) in [7, 11) is 0. The van der Waals surface area contributed by atoms with Crippen molar-refractivity contribution in [2.75, 3.05) is 0 Å². The van der Waals surface area contributed by atoms with Crippen LogP contribution in [0.25, 0.3) is 17.0 Å². The Morgan fingerprint density at radius 1 is 0.818 bits per heavy atom. The molecule has 0 aromatic heterocycles. The molecule has 0 unspecified atom stereocenters. The van der Waals surface area contributed by atoms with Crippen molar-refractivity contribution in [1.82, 2.24) is 0 Å². The van der Waals surface area contributed by atoms with E-state index in [1.165, 1.54) is 6.07 Å². The topological polar surface area (TPSA) is 0 Å². The van der Waals surface area contributed by atoms with Crippen molar-refractivity contribution in [3.63, 3.8) is 0 Å². The van der Waals surface area contributed by atoms with Gasteiger partial charge in [-0.25, -0.2) is 26.3 Å². The number of allylic oxidation sites excluding steroid dienone is 1. The molecule has 0 saturated heterocycles. The molecule has 1 fully saturated rings. The number of fused-ring (bicyclic) bond motifs is 3. The van der Waals surface area contributed by atoms with Crippen LogP contribution in [-0.4, -0.2) is 0 Å². The van der Waals surface area contributed by atoms with Crippen LogP contribution in [0.3, 0.4) is 0 Å². The van der Waals surface area contributed by atoms with Crippen LogP contribution >= 0.6 is 0 Å². The van der Waals surface area contributed by atoms with Gasteiger partial charge in [-0.3, -0.25) is 0 Å². The molecule has 0 atom stereocenters. The Kier molecular flexibility index (Phi) is 6.66. The molecule has 0 radical (unpaired) electrons. The summed E-state index contributed by atoms with van der Waals surface area (Å²) in [5.41, 5.74) is -0.874. The molecule has 0 aliphatic heterocycles. The summed E-state index contributed by atoms with van der Waals surface area (Å²) in [6.07, 6.45) is 3.57. The first-order chi connectivity index (χ1) is 15.7. The van der Waals surface area contributed by atoms with Gasteiger partial charge in [0, 0.05) is 17.0 Å². The first kappa shape index (κ1) is 23.9. The minimum atomic E-state index is -1.58. The predicted molar refractivity (Wildman–Crippen MR) is 118 cm³/mol. The van der Waals surface area contributed by atoms with Gasteiger partial charge in [0.15, 0.2) is 29.1 Å². The Labute approximate surface area is 190 Å². The quantitative estimate of drug-likeness (QED) is 0.329. The van der Waals surface area contributed by atoms with E-state index >= 15 is 13.2 Å². The molecule has 33 heavy (non-hydrogen) atoms. The van der Waals surface area contributed by atoms with Crippen molar-refractivity contribution in [3.8, 4) is 11.1 Å². The van der Waals surface area contributed by atoms with Crippen LogP contribution in [0.2, 0.25) is 0 Å². The van der Waals surface area contributed by atoms with Gasteiger partial charge in [0.2, 0.25) is 0 Å². The van der Waals surface area contributed by atoms with Crippen LogP contribution in [0.1, 0.15) is 87.5 Å². The van der Waals surface area contributed by atoms with E-state index in [0.717, 1.165) is 18.9 Å². The fraction of sp³-hybridized carbons (Fsp3) is 0.481. The first-order valence-electron chi connectivity index (χ1n) is 11.8. The highest BCUT2D eigenvalue weighted by atomic mass is 19.2. The average molecular weight is 467 g/mol. The first-order valence-corrected chi connectivity index (χ1v) is 11.8. The molecule has 0 bridgehead atoms. The SMILES string of the molecule is CCC(CC)c1cc2c(c(F)c1F)-c1c(cc(/C(F)=C(\F)C3CCC(C)CC3)c(F)c1F)C2. The maximum atomic E-state index is 15.1. The highest BCUT2D eigenvalue weighted by Crippen LogP contribution is 2.46. The molecular weight excluding hydrogens is 438 g/mol. The van der Waals surface area contributed by atoms with Gasteiger partial charge in [-0.2, -0.15) is 0 Å². The van der Waals surface area contributed by atoms with E-state index < -0.39 is 52.0 Å².